The molecule has 1 saturated heterocycles. The molecular formula is C22H38IN3O3. The summed E-state index contributed by atoms with van der Waals surface area (Å²) >= 11 is 0. The molecule has 1 unspecified atom stereocenters. The number of methoxy groups -OCH3 is 1. The zero-order valence-electron chi connectivity index (χ0n) is 18.2. The van der Waals surface area contributed by atoms with Gasteiger partial charge in [0.2, 0.25) is 0 Å². The van der Waals surface area contributed by atoms with Gasteiger partial charge in [-0.3, -0.25) is 0 Å². The Morgan fingerprint density at radius 2 is 2.10 bits per heavy atom. The molecule has 0 bridgehead atoms. The Morgan fingerprint density at radius 3 is 2.86 bits per heavy atom. The van der Waals surface area contributed by atoms with Crippen LogP contribution in [0.15, 0.2) is 29.3 Å². The highest BCUT2D eigenvalue weighted by Crippen LogP contribution is 2.18. The summed E-state index contributed by atoms with van der Waals surface area (Å²) < 4.78 is 16.5. The largest absolute Gasteiger partial charge is 0.494 e. The molecule has 1 aromatic carbocycles. The summed E-state index contributed by atoms with van der Waals surface area (Å²) in [6.45, 7) is 10.7. The van der Waals surface area contributed by atoms with E-state index >= 15 is 0 Å². The van der Waals surface area contributed by atoms with Crippen LogP contribution in [0.5, 0.6) is 5.75 Å². The molecule has 166 valence electrons. The first-order valence-corrected chi connectivity index (χ1v) is 10.6. The van der Waals surface area contributed by atoms with Crippen LogP contribution in [0.1, 0.15) is 38.7 Å². The van der Waals surface area contributed by atoms with Gasteiger partial charge in [-0.2, -0.15) is 0 Å². The summed E-state index contributed by atoms with van der Waals surface area (Å²) in [7, 11) is 1.70. The number of ether oxygens (including phenoxy) is 3. The van der Waals surface area contributed by atoms with Crippen molar-refractivity contribution in [3.8, 4) is 5.75 Å². The maximum Gasteiger partial charge on any atom is 0.194 e. The van der Waals surface area contributed by atoms with Crippen molar-refractivity contribution in [3.63, 3.8) is 0 Å². The molecule has 1 aliphatic rings. The lowest BCUT2D eigenvalue weighted by Crippen LogP contribution is -2.40. The lowest BCUT2D eigenvalue weighted by atomic mass is 10.1. The van der Waals surface area contributed by atoms with E-state index < -0.39 is 0 Å². The van der Waals surface area contributed by atoms with Crippen molar-refractivity contribution in [3.05, 3.63) is 29.8 Å². The van der Waals surface area contributed by atoms with E-state index in [2.05, 4.69) is 36.2 Å². The molecule has 1 N–H and O–H groups in total. The molecule has 0 saturated carbocycles. The second-order valence-electron chi connectivity index (χ2n) is 7.19. The van der Waals surface area contributed by atoms with Crippen molar-refractivity contribution in [1.29, 1.82) is 0 Å². The highest BCUT2D eigenvalue weighted by Gasteiger charge is 2.24. The van der Waals surface area contributed by atoms with Crippen LogP contribution in [0.2, 0.25) is 0 Å². The number of hydrogen-bond acceptors (Lipinski definition) is 4. The quantitative estimate of drug-likeness (QED) is 0.196. The van der Waals surface area contributed by atoms with E-state index in [1.54, 1.807) is 7.11 Å². The van der Waals surface area contributed by atoms with E-state index in [0.29, 0.717) is 25.7 Å². The van der Waals surface area contributed by atoms with Gasteiger partial charge in [0.05, 0.1) is 33.0 Å². The summed E-state index contributed by atoms with van der Waals surface area (Å²) in [4.78, 5) is 7.21. The predicted octanol–water partition coefficient (Wildman–Crippen LogP) is 3.93. The van der Waals surface area contributed by atoms with Crippen molar-refractivity contribution in [2.24, 2.45) is 10.9 Å². The third kappa shape index (κ3) is 10.00. The van der Waals surface area contributed by atoms with Gasteiger partial charge in [-0.25, -0.2) is 4.99 Å². The van der Waals surface area contributed by atoms with Crippen LogP contribution in [0.4, 0.5) is 0 Å². The fourth-order valence-electron chi connectivity index (χ4n) is 3.21. The van der Waals surface area contributed by atoms with Crippen molar-refractivity contribution < 1.29 is 14.2 Å². The zero-order valence-corrected chi connectivity index (χ0v) is 20.5. The molecule has 1 heterocycles. The van der Waals surface area contributed by atoms with Crippen molar-refractivity contribution >= 4 is 29.9 Å². The van der Waals surface area contributed by atoms with Gasteiger partial charge in [0.15, 0.2) is 5.96 Å². The van der Waals surface area contributed by atoms with E-state index in [0.717, 1.165) is 63.8 Å². The zero-order chi connectivity index (χ0) is 20.0. The van der Waals surface area contributed by atoms with Crippen molar-refractivity contribution in [2.45, 2.75) is 39.7 Å². The first kappa shape index (κ1) is 26.0. The van der Waals surface area contributed by atoms with Crippen LogP contribution in [-0.4, -0.2) is 64.0 Å². The molecule has 0 amide bonds. The lowest BCUT2D eigenvalue weighted by Gasteiger charge is -2.21. The van der Waals surface area contributed by atoms with Gasteiger partial charge in [0.1, 0.15) is 5.75 Å². The van der Waals surface area contributed by atoms with Gasteiger partial charge in [-0.15, -0.1) is 24.0 Å². The number of unbranched alkanes of at least 4 members (excludes halogenated alkanes) is 1. The summed E-state index contributed by atoms with van der Waals surface area (Å²) in [5.74, 6) is 2.47. The van der Waals surface area contributed by atoms with Crippen molar-refractivity contribution in [2.75, 3.05) is 53.2 Å². The lowest BCUT2D eigenvalue weighted by molar-refractivity contribution is 0.0536. The van der Waals surface area contributed by atoms with Crippen LogP contribution in [0.3, 0.4) is 0 Å². The minimum atomic E-state index is 0. The first-order valence-electron chi connectivity index (χ1n) is 10.6. The molecule has 0 radical (unpaired) electrons. The SMILES string of the molecule is CCCCOc1cccc(CN=C(NCC)N2CCC(COCCOC)C2)c1.I. The van der Waals surface area contributed by atoms with Gasteiger partial charge in [0.25, 0.3) is 0 Å². The Kier molecular flexibility index (Phi) is 14.1. The molecule has 1 aliphatic heterocycles. The Morgan fingerprint density at radius 1 is 1.24 bits per heavy atom. The van der Waals surface area contributed by atoms with E-state index in [4.69, 9.17) is 19.2 Å². The molecule has 1 fully saturated rings. The minimum absolute atomic E-state index is 0. The maximum atomic E-state index is 5.81. The minimum Gasteiger partial charge on any atom is -0.494 e. The normalized spacial score (nSPS) is 16.6. The van der Waals surface area contributed by atoms with Gasteiger partial charge in [0, 0.05) is 32.7 Å². The smallest absolute Gasteiger partial charge is 0.194 e. The third-order valence-corrected chi connectivity index (χ3v) is 4.78. The Hall–Kier alpha value is -1.06. The standard InChI is InChI=1S/C22H37N3O3.HI/c1-4-6-12-28-21-9-7-8-19(15-21)16-24-22(23-5-2)25-11-10-20(17-25)18-27-14-13-26-3;/h7-9,15,20H,4-6,10-14,16-18H2,1-3H3,(H,23,24);1H. The van der Waals surface area contributed by atoms with Crippen LogP contribution in [-0.2, 0) is 16.0 Å². The van der Waals surface area contributed by atoms with Crippen LogP contribution in [0.25, 0.3) is 0 Å². The van der Waals surface area contributed by atoms with Gasteiger partial charge in [-0.05, 0) is 37.5 Å². The third-order valence-electron chi connectivity index (χ3n) is 4.78. The highest BCUT2D eigenvalue weighted by molar-refractivity contribution is 14.0. The average molecular weight is 519 g/mol. The van der Waals surface area contributed by atoms with Crippen molar-refractivity contribution in [1.82, 2.24) is 10.2 Å². The number of halogens is 1. The van der Waals surface area contributed by atoms with E-state index in [9.17, 15) is 0 Å². The van der Waals surface area contributed by atoms with Gasteiger partial charge in [-0.1, -0.05) is 25.5 Å². The molecule has 6 nitrogen and oxygen atoms in total. The second kappa shape index (κ2) is 15.7. The molecule has 1 aromatic rings. The Bertz CT molecular complexity index is 586. The fourth-order valence-corrected chi connectivity index (χ4v) is 3.21. The topological polar surface area (TPSA) is 55.3 Å². The molecule has 0 aliphatic carbocycles. The number of nitrogens with one attached hydrogen (secondary N) is 1. The number of nitrogens with zero attached hydrogens (tertiary/aromatic N) is 2. The number of hydrogen-bond donors (Lipinski definition) is 1. The summed E-state index contributed by atoms with van der Waals surface area (Å²) in [5, 5.41) is 3.43. The van der Waals surface area contributed by atoms with E-state index in [-0.39, 0.29) is 24.0 Å². The first-order chi connectivity index (χ1) is 13.8. The fraction of sp³-hybridized carbons (Fsp3) is 0.682. The number of aliphatic imine (C=N–C) groups is 1. The summed E-state index contributed by atoms with van der Waals surface area (Å²) in [5.41, 5.74) is 1.17. The van der Waals surface area contributed by atoms with E-state index in [1.807, 2.05) is 12.1 Å². The Labute approximate surface area is 193 Å². The number of guanidine groups is 1. The van der Waals surface area contributed by atoms with Crippen LogP contribution in [0, 0.1) is 5.92 Å². The average Bonchev–Trinajstić information content (AvgIpc) is 3.18. The molecular weight excluding hydrogens is 481 g/mol. The highest BCUT2D eigenvalue weighted by atomic mass is 127. The molecule has 2 rings (SSSR count). The second-order valence-corrected chi connectivity index (χ2v) is 7.19. The number of rotatable bonds is 12. The van der Waals surface area contributed by atoms with Crippen LogP contribution >= 0.6 is 24.0 Å². The summed E-state index contributed by atoms with van der Waals surface area (Å²) in [6, 6.07) is 8.26. The van der Waals surface area contributed by atoms with Gasteiger partial charge >= 0.3 is 0 Å². The van der Waals surface area contributed by atoms with Gasteiger partial charge < -0.3 is 24.4 Å². The monoisotopic (exact) mass is 519 g/mol. The summed E-state index contributed by atoms with van der Waals surface area (Å²) in [6.07, 6.45) is 3.36. The van der Waals surface area contributed by atoms with Crippen LogP contribution < -0.4 is 10.1 Å². The molecule has 7 heteroatoms. The Balaban J connectivity index is 0.00000420. The molecule has 0 spiro atoms. The molecule has 29 heavy (non-hydrogen) atoms. The maximum absolute atomic E-state index is 5.81. The molecule has 0 aromatic heterocycles. The number of benzene rings is 1. The predicted molar refractivity (Wildman–Crippen MR) is 129 cm³/mol. The molecule has 1 atom stereocenters. The number of likely N-dealkylation sites (tertiary alicyclic amines) is 1. The van der Waals surface area contributed by atoms with E-state index in [1.165, 1.54) is 5.56 Å².